The second-order valence-electron chi connectivity index (χ2n) is 6.86. The van der Waals surface area contributed by atoms with Crippen LogP contribution in [0.1, 0.15) is 50.9 Å². The van der Waals surface area contributed by atoms with Crippen LogP contribution >= 0.6 is 0 Å². The molecule has 5 heteroatoms. The zero-order valence-corrected chi connectivity index (χ0v) is 12.9. The average molecular weight is 292 g/mol. The molecule has 1 aliphatic heterocycles. The molecule has 21 heavy (non-hydrogen) atoms. The number of carboxylic acid groups (broad SMARTS) is 1. The van der Waals surface area contributed by atoms with Gasteiger partial charge in [0.15, 0.2) is 5.75 Å². The number of aliphatic hydroxyl groups is 1. The predicted octanol–water partition coefficient (Wildman–Crippen LogP) is 1.36. The highest BCUT2D eigenvalue weighted by molar-refractivity contribution is 5.89. The van der Waals surface area contributed by atoms with Gasteiger partial charge in [-0.1, -0.05) is 12.1 Å². The third-order valence-electron chi connectivity index (χ3n) is 3.87. The van der Waals surface area contributed by atoms with E-state index in [-0.39, 0.29) is 11.3 Å². The number of para-hydroxylation sites is 1. The fraction of sp³-hybridized carbons (Fsp3) is 0.562. The zero-order valence-electron chi connectivity index (χ0n) is 12.9. The van der Waals surface area contributed by atoms with Crippen molar-refractivity contribution >= 4 is 5.97 Å². The third kappa shape index (κ3) is 3.19. The van der Waals surface area contributed by atoms with Crippen molar-refractivity contribution in [2.75, 3.05) is 0 Å². The number of carbonyl (C=O) groups excluding carboxylic acids is 1. The molecule has 5 nitrogen and oxygen atoms in total. The normalized spacial score (nSPS) is 22.0. The highest BCUT2D eigenvalue weighted by Gasteiger charge is 2.47. The molecule has 1 fully saturated rings. The smallest absolute Gasteiger partial charge is 0.156 e. The average Bonchev–Trinajstić information content (AvgIpc) is 2.32. The predicted molar refractivity (Wildman–Crippen MR) is 76.6 cm³/mol. The van der Waals surface area contributed by atoms with E-state index in [9.17, 15) is 15.0 Å². The first-order valence-electron chi connectivity index (χ1n) is 7.10. The summed E-state index contributed by atoms with van der Waals surface area (Å²) in [6.07, 6.45) is 0.722. The number of benzene rings is 1. The molecule has 1 aromatic carbocycles. The number of aromatic carboxylic acids is 1. The number of rotatable bonds is 3. The molecule has 0 radical (unpaired) electrons. The Bertz CT molecular complexity index is 521. The Morgan fingerprint density at radius 2 is 1.76 bits per heavy atom. The first kappa shape index (κ1) is 15.8. The Hall–Kier alpha value is -1.59. The van der Waals surface area contributed by atoms with Gasteiger partial charge in [0.05, 0.1) is 23.2 Å². The maximum absolute atomic E-state index is 11.2. The summed E-state index contributed by atoms with van der Waals surface area (Å²) in [4.78, 5) is 17.1. The molecule has 0 amide bonds. The molecule has 0 bridgehead atoms. The first-order valence-corrected chi connectivity index (χ1v) is 7.10. The number of hydrogen-bond donors (Lipinski definition) is 1. The van der Waals surface area contributed by atoms with Gasteiger partial charge in [0.2, 0.25) is 0 Å². The van der Waals surface area contributed by atoms with Crippen molar-refractivity contribution in [2.24, 2.45) is 0 Å². The molecule has 1 aromatic rings. The van der Waals surface area contributed by atoms with Gasteiger partial charge >= 0.3 is 0 Å². The van der Waals surface area contributed by atoms with E-state index >= 15 is 0 Å². The fourth-order valence-electron chi connectivity index (χ4n) is 3.27. The SMILES string of the molecule is CC1(C)CC(O)CC(C)(C)N1Oc1ccccc1C(=O)[O-]. The highest BCUT2D eigenvalue weighted by Crippen LogP contribution is 2.39. The number of hydroxylamine groups is 2. The van der Waals surface area contributed by atoms with E-state index in [1.807, 2.05) is 27.7 Å². The van der Waals surface area contributed by atoms with Crippen LogP contribution in [0.2, 0.25) is 0 Å². The van der Waals surface area contributed by atoms with Gasteiger partial charge in [-0.2, -0.15) is 0 Å². The second kappa shape index (κ2) is 5.31. The van der Waals surface area contributed by atoms with Crippen molar-refractivity contribution in [3.05, 3.63) is 29.8 Å². The van der Waals surface area contributed by atoms with Crippen LogP contribution in [0.5, 0.6) is 5.75 Å². The van der Waals surface area contributed by atoms with E-state index in [2.05, 4.69) is 0 Å². The highest BCUT2D eigenvalue weighted by atomic mass is 16.7. The lowest BCUT2D eigenvalue weighted by Crippen LogP contribution is -2.63. The van der Waals surface area contributed by atoms with Crippen LogP contribution < -0.4 is 9.94 Å². The topological polar surface area (TPSA) is 72.8 Å². The molecule has 1 saturated heterocycles. The summed E-state index contributed by atoms with van der Waals surface area (Å²) in [5.74, 6) is -1.01. The van der Waals surface area contributed by atoms with Gasteiger partial charge in [0.25, 0.3) is 0 Å². The molecule has 0 aromatic heterocycles. The molecule has 0 spiro atoms. The summed E-state index contributed by atoms with van der Waals surface area (Å²) < 4.78 is 0. The lowest BCUT2D eigenvalue weighted by atomic mass is 9.80. The Morgan fingerprint density at radius 3 is 2.29 bits per heavy atom. The van der Waals surface area contributed by atoms with Gasteiger partial charge in [-0.05, 0) is 52.7 Å². The van der Waals surface area contributed by atoms with Gasteiger partial charge < -0.3 is 19.8 Å². The molecule has 116 valence electrons. The number of carbonyl (C=O) groups is 1. The van der Waals surface area contributed by atoms with Crippen LogP contribution in [0, 0.1) is 0 Å². The van der Waals surface area contributed by atoms with Crippen molar-refractivity contribution in [2.45, 2.75) is 57.7 Å². The molecule has 0 aliphatic carbocycles. The minimum absolute atomic E-state index is 0.0234. The van der Waals surface area contributed by atoms with Gasteiger partial charge in [0.1, 0.15) is 0 Å². The van der Waals surface area contributed by atoms with Crippen molar-refractivity contribution < 1.29 is 19.8 Å². The second-order valence-corrected chi connectivity index (χ2v) is 6.86. The van der Waals surface area contributed by atoms with E-state index in [4.69, 9.17) is 4.84 Å². The zero-order chi connectivity index (χ0) is 15.8. The van der Waals surface area contributed by atoms with Crippen LogP contribution in [0.15, 0.2) is 24.3 Å². The fourth-order valence-corrected chi connectivity index (χ4v) is 3.27. The van der Waals surface area contributed by atoms with E-state index in [1.165, 1.54) is 6.07 Å². The number of aliphatic hydroxyl groups excluding tert-OH is 1. The Balaban J connectivity index is 2.35. The number of carboxylic acids is 1. The van der Waals surface area contributed by atoms with Crippen LogP contribution in [0.25, 0.3) is 0 Å². The molecule has 2 rings (SSSR count). The van der Waals surface area contributed by atoms with E-state index in [0.29, 0.717) is 12.8 Å². The molecule has 0 atom stereocenters. The van der Waals surface area contributed by atoms with E-state index in [1.54, 1.807) is 23.3 Å². The standard InChI is InChI=1S/C16H23NO4/c1-15(2)9-11(18)10-16(3,4)17(15)21-13-8-6-5-7-12(13)14(19)20/h5-8,11,18H,9-10H2,1-4H3,(H,19,20)/p-1. The van der Waals surface area contributed by atoms with Gasteiger partial charge in [-0.3, -0.25) is 0 Å². The lowest BCUT2D eigenvalue weighted by molar-refractivity contribution is -0.257. The molecular formula is C16H22NO4-. The first-order chi connectivity index (χ1) is 9.63. The van der Waals surface area contributed by atoms with Crippen molar-refractivity contribution in [3.8, 4) is 5.75 Å². The largest absolute Gasteiger partial charge is 0.545 e. The van der Waals surface area contributed by atoms with Gasteiger partial charge in [0, 0.05) is 5.56 Å². The summed E-state index contributed by atoms with van der Waals surface area (Å²) >= 11 is 0. The monoisotopic (exact) mass is 292 g/mol. The third-order valence-corrected chi connectivity index (χ3v) is 3.87. The van der Waals surface area contributed by atoms with Crippen molar-refractivity contribution in [1.82, 2.24) is 5.06 Å². The molecule has 1 N–H and O–H groups in total. The van der Waals surface area contributed by atoms with Crippen LogP contribution in [-0.4, -0.2) is 33.3 Å². The lowest BCUT2D eigenvalue weighted by Gasteiger charge is -2.52. The summed E-state index contributed by atoms with van der Waals surface area (Å²) in [5, 5.41) is 23.0. The Kier molecular flexibility index (Phi) is 4.00. The Labute approximate surface area is 125 Å². The number of nitrogens with zero attached hydrogens (tertiary/aromatic N) is 1. The van der Waals surface area contributed by atoms with E-state index < -0.39 is 23.2 Å². The molecular weight excluding hydrogens is 270 g/mol. The van der Waals surface area contributed by atoms with Crippen molar-refractivity contribution in [3.63, 3.8) is 0 Å². The Morgan fingerprint density at radius 1 is 1.24 bits per heavy atom. The summed E-state index contributed by atoms with van der Waals surface area (Å²) in [6, 6.07) is 6.43. The van der Waals surface area contributed by atoms with Crippen LogP contribution in [0.4, 0.5) is 0 Å². The number of hydrogen-bond acceptors (Lipinski definition) is 5. The molecule has 1 heterocycles. The van der Waals surface area contributed by atoms with E-state index in [0.717, 1.165) is 0 Å². The van der Waals surface area contributed by atoms with Crippen molar-refractivity contribution in [1.29, 1.82) is 0 Å². The quantitative estimate of drug-likeness (QED) is 0.910. The molecule has 0 saturated carbocycles. The summed E-state index contributed by atoms with van der Waals surface area (Å²) in [7, 11) is 0. The summed E-state index contributed by atoms with van der Waals surface area (Å²) in [6.45, 7) is 7.88. The van der Waals surface area contributed by atoms with Crippen LogP contribution in [0.3, 0.4) is 0 Å². The van der Waals surface area contributed by atoms with Gasteiger partial charge in [-0.25, -0.2) is 0 Å². The minimum Gasteiger partial charge on any atom is -0.545 e. The molecule has 0 unspecified atom stereocenters. The number of piperidine rings is 1. The maximum atomic E-state index is 11.2. The maximum Gasteiger partial charge on any atom is 0.156 e. The minimum atomic E-state index is -1.27. The van der Waals surface area contributed by atoms with Gasteiger partial charge in [-0.15, -0.1) is 5.06 Å². The van der Waals surface area contributed by atoms with Crippen LogP contribution in [-0.2, 0) is 0 Å². The molecule has 1 aliphatic rings. The summed E-state index contributed by atoms with van der Waals surface area (Å²) in [5.41, 5.74) is -0.810.